The van der Waals surface area contributed by atoms with Crippen LogP contribution in [-0.2, 0) is 6.54 Å². The van der Waals surface area contributed by atoms with Crippen molar-refractivity contribution >= 4 is 5.69 Å². The first kappa shape index (κ1) is 19.4. The van der Waals surface area contributed by atoms with Gasteiger partial charge < -0.3 is 9.64 Å². The Labute approximate surface area is 161 Å². The second-order valence-electron chi connectivity index (χ2n) is 7.54. The topological polar surface area (TPSA) is 50.6 Å². The SMILES string of the molecule is COc1ccccc1CN1CCCC(n2ncc(N(C)C(C)C)cc2=O)C1. The predicted octanol–water partition coefficient (Wildman–Crippen LogP) is 2.93. The maximum absolute atomic E-state index is 12.7. The molecule has 1 aromatic heterocycles. The minimum absolute atomic E-state index is 0.0239. The second-order valence-corrected chi connectivity index (χ2v) is 7.54. The normalized spacial score (nSPS) is 17.9. The number of ether oxygens (including phenoxy) is 1. The van der Waals surface area contributed by atoms with Gasteiger partial charge in [0, 0.05) is 37.8 Å². The minimum Gasteiger partial charge on any atom is -0.496 e. The van der Waals surface area contributed by atoms with Crippen molar-refractivity contribution in [1.82, 2.24) is 14.7 Å². The fourth-order valence-corrected chi connectivity index (χ4v) is 3.62. The van der Waals surface area contributed by atoms with Gasteiger partial charge in [-0.3, -0.25) is 9.69 Å². The van der Waals surface area contributed by atoms with Gasteiger partial charge in [-0.05, 0) is 39.3 Å². The minimum atomic E-state index is -0.0239. The predicted molar refractivity (Wildman–Crippen MR) is 109 cm³/mol. The average molecular weight is 370 g/mol. The van der Waals surface area contributed by atoms with Crippen molar-refractivity contribution in [3.63, 3.8) is 0 Å². The van der Waals surface area contributed by atoms with Gasteiger partial charge in [-0.1, -0.05) is 18.2 Å². The lowest BCUT2D eigenvalue weighted by Gasteiger charge is -2.33. The molecule has 6 nitrogen and oxygen atoms in total. The van der Waals surface area contributed by atoms with Gasteiger partial charge in [0.2, 0.25) is 0 Å². The summed E-state index contributed by atoms with van der Waals surface area (Å²) < 4.78 is 7.13. The van der Waals surface area contributed by atoms with E-state index in [0.29, 0.717) is 6.04 Å². The van der Waals surface area contributed by atoms with Gasteiger partial charge in [0.25, 0.3) is 5.56 Å². The second kappa shape index (κ2) is 8.57. The number of methoxy groups -OCH3 is 1. The molecule has 0 N–H and O–H groups in total. The number of rotatable bonds is 6. The van der Waals surface area contributed by atoms with Crippen LogP contribution in [0.4, 0.5) is 5.69 Å². The first-order valence-electron chi connectivity index (χ1n) is 9.65. The van der Waals surface area contributed by atoms with Crippen LogP contribution in [0.2, 0.25) is 0 Å². The molecule has 1 aromatic carbocycles. The summed E-state index contributed by atoms with van der Waals surface area (Å²) in [7, 11) is 3.69. The molecule has 0 radical (unpaired) electrons. The Kier molecular flexibility index (Phi) is 6.16. The van der Waals surface area contributed by atoms with E-state index in [9.17, 15) is 4.79 Å². The molecule has 1 saturated heterocycles. The highest BCUT2D eigenvalue weighted by Crippen LogP contribution is 2.25. The van der Waals surface area contributed by atoms with Crippen LogP contribution in [0.1, 0.15) is 38.3 Å². The van der Waals surface area contributed by atoms with E-state index >= 15 is 0 Å². The smallest absolute Gasteiger partial charge is 0.269 e. The first-order valence-corrected chi connectivity index (χ1v) is 9.65. The zero-order valence-corrected chi connectivity index (χ0v) is 16.8. The lowest BCUT2D eigenvalue weighted by atomic mass is 10.0. The van der Waals surface area contributed by atoms with Gasteiger partial charge in [-0.25, -0.2) is 4.68 Å². The van der Waals surface area contributed by atoms with E-state index in [-0.39, 0.29) is 11.6 Å². The highest BCUT2D eigenvalue weighted by Gasteiger charge is 2.24. The van der Waals surface area contributed by atoms with Crippen LogP contribution in [0.25, 0.3) is 0 Å². The molecule has 0 bridgehead atoms. The monoisotopic (exact) mass is 370 g/mol. The molecule has 0 saturated carbocycles. The number of anilines is 1. The van der Waals surface area contributed by atoms with Crippen LogP contribution in [0.3, 0.4) is 0 Å². The van der Waals surface area contributed by atoms with Crippen LogP contribution >= 0.6 is 0 Å². The number of benzene rings is 1. The Morgan fingerprint density at radius 2 is 2.11 bits per heavy atom. The average Bonchev–Trinajstić information content (AvgIpc) is 2.68. The van der Waals surface area contributed by atoms with Crippen LogP contribution in [-0.4, -0.2) is 48.0 Å². The van der Waals surface area contributed by atoms with Crippen molar-refractivity contribution in [3.05, 3.63) is 52.4 Å². The van der Waals surface area contributed by atoms with Crippen LogP contribution in [0, 0.1) is 0 Å². The van der Waals surface area contributed by atoms with E-state index in [1.165, 1.54) is 5.56 Å². The summed E-state index contributed by atoms with van der Waals surface area (Å²) in [6.07, 6.45) is 3.84. The molecule has 2 heterocycles. The highest BCUT2D eigenvalue weighted by atomic mass is 16.5. The van der Waals surface area contributed by atoms with Gasteiger partial charge in [0.15, 0.2) is 0 Å². The third-order valence-electron chi connectivity index (χ3n) is 5.41. The molecule has 3 rings (SSSR count). The number of para-hydroxylation sites is 1. The molecule has 27 heavy (non-hydrogen) atoms. The van der Waals surface area contributed by atoms with Crippen molar-refractivity contribution in [2.24, 2.45) is 0 Å². The molecule has 0 spiro atoms. The van der Waals surface area contributed by atoms with Gasteiger partial charge in [-0.2, -0.15) is 5.10 Å². The van der Waals surface area contributed by atoms with Crippen molar-refractivity contribution in [3.8, 4) is 5.75 Å². The fourth-order valence-electron chi connectivity index (χ4n) is 3.62. The summed E-state index contributed by atoms with van der Waals surface area (Å²) in [5.74, 6) is 0.913. The standard InChI is InChI=1S/C21H30N4O2/c1-16(2)23(3)19-12-21(26)25(22-13-19)18-9-7-11-24(15-18)14-17-8-5-6-10-20(17)27-4/h5-6,8,10,12-13,16,18H,7,9,11,14-15H2,1-4H3. The maximum Gasteiger partial charge on any atom is 0.269 e. The molecule has 6 heteroatoms. The summed E-state index contributed by atoms with van der Waals surface area (Å²) in [5, 5.41) is 4.49. The van der Waals surface area contributed by atoms with E-state index in [1.807, 2.05) is 25.2 Å². The number of piperidine rings is 1. The largest absolute Gasteiger partial charge is 0.496 e. The molecule has 1 aliphatic heterocycles. The molecular formula is C21H30N4O2. The zero-order valence-electron chi connectivity index (χ0n) is 16.8. The molecule has 1 unspecified atom stereocenters. The number of hydrogen-bond donors (Lipinski definition) is 0. The summed E-state index contributed by atoms with van der Waals surface area (Å²) in [6, 6.07) is 10.3. The van der Waals surface area contributed by atoms with Crippen molar-refractivity contribution in [1.29, 1.82) is 0 Å². The Bertz CT molecular complexity index is 818. The maximum atomic E-state index is 12.7. The van der Waals surface area contributed by atoms with Gasteiger partial charge in [0.05, 0.1) is 25.0 Å². The van der Waals surface area contributed by atoms with Crippen molar-refractivity contribution in [2.45, 2.75) is 45.3 Å². The van der Waals surface area contributed by atoms with Crippen molar-refractivity contribution in [2.75, 3.05) is 32.1 Å². The third kappa shape index (κ3) is 4.50. The number of aromatic nitrogens is 2. The Morgan fingerprint density at radius 1 is 1.33 bits per heavy atom. The van der Waals surface area contributed by atoms with Gasteiger partial charge in [-0.15, -0.1) is 0 Å². The number of hydrogen-bond acceptors (Lipinski definition) is 5. The molecule has 0 amide bonds. The summed E-state index contributed by atoms with van der Waals surface area (Å²) in [6.45, 7) is 6.87. The Balaban J connectivity index is 1.73. The van der Waals surface area contributed by atoms with E-state index in [4.69, 9.17) is 4.74 Å². The van der Waals surface area contributed by atoms with E-state index in [2.05, 4.69) is 34.8 Å². The van der Waals surface area contributed by atoms with E-state index < -0.39 is 0 Å². The number of nitrogens with zero attached hydrogens (tertiary/aromatic N) is 4. The zero-order chi connectivity index (χ0) is 19.4. The number of likely N-dealkylation sites (tertiary alicyclic amines) is 1. The van der Waals surface area contributed by atoms with E-state index in [1.54, 1.807) is 24.1 Å². The summed E-state index contributed by atoms with van der Waals surface area (Å²) >= 11 is 0. The first-order chi connectivity index (χ1) is 13.0. The molecule has 1 aliphatic rings. The molecule has 1 atom stereocenters. The molecule has 146 valence electrons. The highest BCUT2D eigenvalue weighted by molar-refractivity contribution is 5.42. The lowest BCUT2D eigenvalue weighted by Crippen LogP contribution is -2.40. The molecule has 1 fully saturated rings. The fraction of sp³-hybridized carbons (Fsp3) is 0.524. The van der Waals surface area contributed by atoms with Crippen LogP contribution in [0.5, 0.6) is 5.75 Å². The van der Waals surface area contributed by atoms with Gasteiger partial charge >= 0.3 is 0 Å². The lowest BCUT2D eigenvalue weighted by molar-refractivity contribution is 0.158. The molecule has 0 aliphatic carbocycles. The van der Waals surface area contributed by atoms with Crippen LogP contribution in [0.15, 0.2) is 41.3 Å². The van der Waals surface area contributed by atoms with Gasteiger partial charge in [0.1, 0.15) is 5.75 Å². The third-order valence-corrected chi connectivity index (χ3v) is 5.41. The summed E-state index contributed by atoms with van der Waals surface area (Å²) in [5.41, 5.74) is 2.02. The quantitative estimate of drug-likeness (QED) is 0.783. The van der Waals surface area contributed by atoms with Crippen LogP contribution < -0.4 is 15.2 Å². The Morgan fingerprint density at radius 3 is 2.81 bits per heavy atom. The Hall–Kier alpha value is -2.34. The summed E-state index contributed by atoms with van der Waals surface area (Å²) in [4.78, 5) is 17.1. The molecular weight excluding hydrogens is 340 g/mol. The molecule has 2 aromatic rings. The van der Waals surface area contributed by atoms with Crippen molar-refractivity contribution < 1.29 is 4.74 Å². The van der Waals surface area contributed by atoms with E-state index in [0.717, 1.165) is 43.9 Å².